The van der Waals surface area contributed by atoms with E-state index < -0.39 is 0 Å². The molecule has 2 aromatic heterocycles. The lowest BCUT2D eigenvalue weighted by Gasteiger charge is -2.11. The number of hydrogen-bond acceptors (Lipinski definition) is 4. The molecule has 4 aromatic rings. The molecule has 132 valence electrons. The summed E-state index contributed by atoms with van der Waals surface area (Å²) < 4.78 is 7.93. The molecule has 0 bridgehead atoms. The van der Waals surface area contributed by atoms with Crippen molar-refractivity contribution < 1.29 is 4.74 Å². The van der Waals surface area contributed by atoms with E-state index in [9.17, 15) is 0 Å². The summed E-state index contributed by atoms with van der Waals surface area (Å²) in [6.45, 7) is 6.19. The minimum atomic E-state index is 0.174. The molecule has 0 saturated carbocycles. The standard InChI is InChI=1S/C21H21N3OS/c1-14(2)25-17-8-6-7-16(12-17)13-26-21-23-22-20-11-15(3)18-9-4-5-10-19(18)24(20)21/h4-12,14H,13H2,1-3H3. The summed E-state index contributed by atoms with van der Waals surface area (Å²) in [6.07, 6.45) is 0.174. The van der Waals surface area contributed by atoms with E-state index >= 15 is 0 Å². The molecule has 5 heteroatoms. The van der Waals surface area contributed by atoms with Gasteiger partial charge in [-0.2, -0.15) is 0 Å². The number of rotatable bonds is 5. The van der Waals surface area contributed by atoms with Crippen molar-refractivity contribution in [2.24, 2.45) is 0 Å². The predicted molar refractivity (Wildman–Crippen MR) is 107 cm³/mol. The van der Waals surface area contributed by atoms with Crippen molar-refractivity contribution in [3.63, 3.8) is 0 Å². The van der Waals surface area contributed by atoms with Crippen LogP contribution >= 0.6 is 11.8 Å². The number of nitrogens with zero attached hydrogens (tertiary/aromatic N) is 3. The molecule has 4 rings (SSSR count). The Kier molecular flexibility index (Phi) is 4.55. The first-order valence-corrected chi connectivity index (χ1v) is 9.72. The molecule has 0 fully saturated rings. The Hall–Kier alpha value is -2.53. The molecule has 0 aliphatic heterocycles. The first kappa shape index (κ1) is 16.9. The highest BCUT2D eigenvalue weighted by Crippen LogP contribution is 2.28. The van der Waals surface area contributed by atoms with Crippen LogP contribution in [0.2, 0.25) is 0 Å². The van der Waals surface area contributed by atoms with Crippen LogP contribution < -0.4 is 4.74 Å². The minimum Gasteiger partial charge on any atom is -0.491 e. The van der Waals surface area contributed by atoms with Gasteiger partial charge >= 0.3 is 0 Å². The van der Waals surface area contributed by atoms with Crippen molar-refractivity contribution in [3.05, 3.63) is 65.7 Å². The smallest absolute Gasteiger partial charge is 0.196 e. The normalized spacial score (nSPS) is 11.5. The monoisotopic (exact) mass is 363 g/mol. The van der Waals surface area contributed by atoms with Gasteiger partial charge in [0.15, 0.2) is 10.8 Å². The number of ether oxygens (including phenoxy) is 1. The van der Waals surface area contributed by atoms with Crippen molar-refractivity contribution in [2.45, 2.75) is 37.8 Å². The van der Waals surface area contributed by atoms with Crippen LogP contribution in [0.25, 0.3) is 16.6 Å². The van der Waals surface area contributed by atoms with Crippen molar-refractivity contribution in [2.75, 3.05) is 0 Å². The third-order valence-electron chi connectivity index (χ3n) is 4.21. The third-order valence-corrected chi connectivity index (χ3v) is 5.21. The van der Waals surface area contributed by atoms with E-state index in [1.807, 2.05) is 26.0 Å². The highest BCUT2D eigenvalue weighted by atomic mass is 32.2. The van der Waals surface area contributed by atoms with E-state index in [1.165, 1.54) is 16.5 Å². The maximum atomic E-state index is 5.79. The number of aromatic nitrogens is 3. The van der Waals surface area contributed by atoms with Gasteiger partial charge in [-0.3, -0.25) is 4.40 Å². The number of thioether (sulfide) groups is 1. The predicted octanol–water partition coefficient (Wildman–Crippen LogP) is 5.27. The zero-order chi connectivity index (χ0) is 18.1. The number of pyridine rings is 1. The average Bonchev–Trinajstić information content (AvgIpc) is 3.03. The summed E-state index contributed by atoms with van der Waals surface area (Å²) in [7, 11) is 0. The van der Waals surface area contributed by atoms with Crippen LogP contribution in [0.15, 0.2) is 59.8 Å². The molecule has 0 saturated heterocycles. The fraction of sp³-hybridized carbons (Fsp3) is 0.238. The van der Waals surface area contributed by atoms with Gasteiger partial charge in [-0.15, -0.1) is 10.2 Å². The number of fused-ring (bicyclic) bond motifs is 3. The molecule has 26 heavy (non-hydrogen) atoms. The average molecular weight is 363 g/mol. The summed E-state index contributed by atoms with van der Waals surface area (Å²) in [6, 6.07) is 18.7. The van der Waals surface area contributed by atoms with Crippen molar-refractivity contribution in [1.29, 1.82) is 0 Å². The molecule has 0 atom stereocenters. The molecule has 2 aromatic carbocycles. The summed E-state index contributed by atoms with van der Waals surface area (Å²) in [4.78, 5) is 0. The van der Waals surface area contributed by atoms with E-state index in [0.717, 1.165) is 27.8 Å². The van der Waals surface area contributed by atoms with Gasteiger partial charge in [0.2, 0.25) is 0 Å². The van der Waals surface area contributed by atoms with Crippen LogP contribution in [0.5, 0.6) is 5.75 Å². The van der Waals surface area contributed by atoms with Gasteiger partial charge < -0.3 is 4.74 Å². The number of aryl methyl sites for hydroxylation is 1. The molecule has 4 nitrogen and oxygen atoms in total. The third kappa shape index (κ3) is 3.27. The molecule has 0 amide bonds. The molecule has 2 heterocycles. The van der Waals surface area contributed by atoms with E-state index in [2.05, 4.69) is 64.0 Å². The molecule has 0 aliphatic rings. The maximum absolute atomic E-state index is 5.79. The molecule has 0 aliphatic carbocycles. The SMILES string of the molecule is Cc1cc2nnc(SCc3cccc(OC(C)C)c3)n2c2ccccc12. The fourth-order valence-corrected chi connectivity index (χ4v) is 3.99. The largest absolute Gasteiger partial charge is 0.491 e. The molecular formula is C21H21N3OS. The summed E-state index contributed by atoms with van der Waals surface area (Å²) in [5, 5.41) is 10.9. The summed E-state index contributed by atoms with van der Waals surface area (Å²) >= 11 is 1.69. The summed E-state index contributed by atoms with van der Waals surface area (Å²) in [5.74, 6) is 1.73. The van der Waals surface area contributed by atoms with Gasteiger partial charge in [-0.1, -0.05) is 42.1 Å². The van der Waals surface area contributed by atoms with Crippen LogP contribution in [0.1, 0.15) is 25.0 Å². The van der Waals surface area contributed by atoms with Gasteiger partial charge in [0.25, 0.3) is 0 Å². The second-order valence-corrected chi connectivity index (χ2v) is 7.57. The van der Waals surface area contributed by atoms with Crippen LogP contribution in [0.4, 0.5) is 0 Å². The van der Waals surface area contributed by atoms with Crippen LogP contribution in [-0.4, -0.2) is 20.7 Å². The van der Waals surface area contributed by atoms with E-state index in [0.29, 0.717) is 0 Å². The number of benzene rings is 2. The molecule has 0 unspecified atom stereocenters. The van der Waals surface area contributed by atoms with Crippen molar-refractivity contribution in [3.8, 4) is 5.75 Å². The Morgan fingerprint density at radius 1 is 1.04 bits per heavy atom. The van der Waals surface area contributed by atoms with Crippen molar-refractivity contribution in [1.82, 2.24) is 14.6 Å². The zero-order valence-corrected chi connectivity index (χ0v) is 16.0. The van der Waals surface area contributed by atoms with Gasteiger partial charge in [0, 0.05) is 11.1 Å². The van der Waals surface area contributed by atoms with Gasteiger partial charge in [-0.25, -0.2) is 0 Å². The van der Waals surface area contributed by atoms with Crippen molar-refractivity contribution >= 4 is 28.3 Å². The Morgan fingerprint density at radius 3 is 2.73 bits per heavy atom. The Morgan fingerprint density at radius 2 is 1.88 bits per heavy atom. The summed E-state index contributed by atoms with van der Waals surface area (Å²) in [5.41, 5.74) is 4.46. The van der Waals surface area contributed by atoms with Crippen LogP contribution in [-0.2, 0) is 5.75 Å². The number of hydrogen-bond donors (Lipinski definition) is 0. The van der Waals surface area contributed by atoms with E-state index in [-0.39, 0.29) is 6.10 Å². The quantitative estimate of drug-likeness (QED) is 0.453. The second-order valence-electron chi connectivity index (χ2n) is 6.62. The molecular weight excluding hydrogens is 342 g/mol. The Balaban J connectivity index is 1.65. The second kappa shape index (κ2) is 7.00. The fourth-order valence-electron chi connectivity index (χ4n) is 3.10. The lowest BCUT2D eigenvalue weighted by molar-refractivity contribution is 0.242. The van der Waals surface area contributed by atoms with Crippen LogP contribution in [0.3, 0.4) is 0 Å². The maximum Gasteiger partial charge on any atom is 0.196 e. The van der Waals surface area contributed by atoms with E-state index in [1.54, 1.807) is 11.8 Å². The first-order chi connectivity index (χ1) is 12.6. The number of para-hydroxylation sites is 1. The zero-order valence-electron chi connectivity index (χ0n) is 15.1. The molecule has 0 radical (unpaired) electrons. The minimum absolute atomic E-state index is 0.174. The Labute approximate surface area is 157 Å². The lowest BCUT2D eigenvalue weighted by atomic mass is 10.1. The first-order valence-electron chi connectivity index (χ1n) is 8.73. The highest BCUT2D eigenvalue weighted by molar-refractivity contribution is 7.98. The van der Waals surface area contributed by atoms with Gasteiger partial charge in [0.1, 0.15) is 5.75 Å². The highest BCUT2D eigenvalue weighted by Gasteiger charge is 2.11. The molecule has 0 spiro atoms. The lowest BCUT2D eigenvalue weighted by Crippen LogP contribution is -2.05. The van der Waals surface area contributed by atoms with Crippen LogP contribution in [0, 0.1) is 6.92 Å². The van der Waals surface area contributed by atoms with Gasteiger partial charge in [-0.05, 0) is 56.2 Å². The van der Waals surface area contributed by atoms with E-state index in [4.69, 9.17) is 4.74 Å². The topological polar surface area (TPSA) is 39.4 Å². The Bertz CT molecular complexity index is 1070. The van der Waals surface area contributed by atoms with Gasteiger partial charge in [0.05, 0.1) is 11.6 Å². The molecule has 0 N–H and O–H groups in total.